The first kappa shape index (κ1) is 23.6. The second-order valence-electron chi connectivity index (χ2n) is 7.61. The lowest BCUT2D eigenvalue weighted by molar-refractivity contribution is -0.118. The fourth-order valence-corrected chi connectivity index (χ4v) is 3.99. The van der Waals surface area contributed by atoms with E-state index in [0.29, 0.717) is 22.5 Å². The molecule has 1 heterocycles. The van der Waals surface area contributed by atoms with Crippen LogP contribution in [0.1, 0.15) is 25.0 Å². The molecule has 4 rings (SSSR count). The van der Waals surface area contributed by atoms with E-state index in [4.69, 9.17) is 13.9 Å². The fraction of sp³-hybridized carbons (Fsp3) is 0.185. The van der Waals surface area contributed by atoms with E-state index in [9.17, 15) is 9.59 Å². The number of fused-ring (bicyclic) bond motifs is 1. The molecule has 174 valence electrons. The maximum Gasteiger partial charge on any atom is 0.262 e. The summed E-state index contributed by atoms with van der Waals surface area (Å²) in [5.41, 5.74) is 3.06. The van der Waals surface area contributed by atoms with E-state index in [1.165, 1.54) is 6.26 Å². The third-order valence-corrected chi connectivity index (χ3v) is 6.06. The number of aryl methyl sites for hydroxylation is 2. The molecule has 0 atom stereocenters. The molecule has 1 aromatic heterocycles. The number of benzene rings is 3. The van der Waals surface area contributed by atoms with Crippen LogP contribution in [0.4, 0.5) is 5.69 Å². The minimum absolute atomic E-state index is 0.0776. The predicted octanol–water partition coefficient (Wildman–Crippen LogP) is 6.49. The molecule has 1 N–H and O–H groups in total. The number of hydrogen-bond acceptors (Lipinski definition) is 5. The molecule has 0 aliphatic rings. The van der Waals surface area contributed by atoms with Gasteiger partial charge >= 0.3 is 0 Å². The second-order valence-corrected chi connectivity index (χ2v) is 8.47. The summed E-state index contributed by atoms with van der Waals surface area (Å²) in [6.07, 6.45) is 2.91. The third-order valence-electron chi connectivity index (χ3n) is 5.40. The van der Waals surface area contributed by atoms with Gasteiger partial charge in [-0.2, -0.15) is 0 Å². The molecule has 1 amide bonds. The van der Waals surface area contributed by atoms with Crippen LogP contribution in [0, 0.1) is 0 Å². The van der Waals surface area contributed by atoms with Crippen molar-refractivity contribution >= 4 is 38.5 Å². The number of hydrogen-bond donors (Lipinski definition) is 1. The highest BCUT2D eigenvalue weighted by Gasteiger charge is 2.13. The summed E-state index contributed by atoms with van der Waals surface area (Å²) in [6, 6.07) is 18.1. The lowest BCUT2D eigenvalue weighted by Gasteiger charge is -2.15. The molecule has 3 aromatic carbocycles. The van der Waals surface area contributed by atoms with Crippen molar-refractivity contribution in [3.05, 3.63) is 92.7 Å². The van der Waals surface area contributed by atoms with Gasteiger partial charge in [0.15, 0.2) is 6.61 Å². The Hall–Kier alpha value is -3.58. The second kappa shape index (κ2) is 10.6. The summed E-state index contributed by atoms with van der Waals surface area (Å²) in [7, 11) is 0. The Balaban J connectivity index is 1.47. The van der Waals surface area contributed by atoms with Gasteiger partial charge in [0.1, 0.15) is 23.3 Å². The van der Waals surface area contributed by atoms with Crippen molar-refractivity contribution in [1.82, 2.24) is 0 Å². The third kappa shape index (κ3) is 5.15. The maximum absolute atomic E-state index is 12.8. The SMILES string of the molecule is CCc1cccc(CC)c1NC(=O)COc1ccc2c(=O)c(Oc3ccccc3Br)coc2c1. The molecule has 7 heteroatoms. The molecule has 0 unspecified atom stereocenters. The smallest absolute Gasteiger partial charge is 0.262 e. The number of nitrogens with one attached hydrogen (secondary N) is 1. The molecule has 6 nitrogen and oxygen atoms in total. The molecule has 0 saturated heterocycles. The average molecular weight is 522 g/mol. The van der Waals surface area contributed by atoms with E-state index in [1.807, 2.05) is 36.4 Å². The van der Waals surface area contributed by atoms with Crippen molar-refractivity contribution in [2.24, 2.45) is 0 Å². The van der Waals surface area contributed by atoms with Crippen LogP contribution in [0.3, 0.4) is 0 Å². The van der Waals surface area contributed by atoms with Crippen molar-refractivity contribution in [2.75, 3.05) is 11.9 Å². The summed E-state index contributed by atoms with van der Waals surface area (Å²) in [5, 5.41) is 3.33. The average Bonchev–Trinajstić information content (AvgIpc) is 2.85. The van der Waals surface area contributed by atoms with Crippen LogP contribution in [0.15, 0.2) is 80.6 Å². The molecule has 0 fully saturated rings. The van der Waals surface area contributed by atoms with E-state index in [1.54, 1.807) is 24.3 Å². The first-order chi connectivity index (χ1) is 16.5. The molecule has 34 heavy (non-hydrogen) atoms. The Morgan fingerprint density at radius 1 is 0.971 bits per heavy atom. The van der Waals surface area contributed by atoms with Gasteiger partial charge in [-0.3, -0.25) is 9.59 Å². The number of para-hydroxylation sites is 2. The van der Waals surface area contributed by atoms with Gasteiger partial charge in [-0.25, -0.2) is 0 Å². The molecular formula is C27H24BrNO5. The molecule has 0 spiro atoms. The molecule has 0 aliphatic heterocycles. The molecule has 0 aliphatic carbocycles. The zero-order valence-corrected chi connectivity index (χ0v) is 20.5. The van der Waals surface area contributed by atoms with Gasteiger partial charge in [0, 0.05) is 11.8 Å². The highest BCUT2D eigenvalue weighted by Crippen LogP contribution is 2.29. The van der Waals surface area contributed by atoms with Gasteiger partial charge in [-0.05, 0) is 64.2 Å². The van der Waals surface area contributed by atoms with Crippen molar-refractivity contribution in [1.29, 1.82) is 0 Å². The number of carbonyl (C=O) groups excluding carboxylic acids is 1. The quantitative estimate of drug-likeness (QED) is 0.286. The minimum atomic E-state index is -0.301. The Bertz CT molecular complexity index is 1370. The Morgan fingerprint density at radius 2 is 1.71 bits per heavy atom. The van der Waals surface area contributed by atoms with E-state index >= 15 is 0 Å². The summed E-state index contributed by atoms with van der Waals surface area (Å²) >= 11 is 3.40. The predicted molar refractivity (Wildman–Crippen MR) is 136 cm³/mol. The topological polar surface area (TPSA) is 77.8 Å². The van der Waals surface area contributed by atoms with Gasteiger partial charge in [-0.1, -0.05) is 44.2 Å². The summed E-state index contributed by atoms with van der Waals surface area (Å²) in [4.78, 5) is 25.4. The molecule has 4 aromatic rings. The highest BCUT2D eigenvalue weighted by molar-refractivity contribution is 9.10. The Morgan fingerprint density at radius 3 is 2.41 bits per heavy atom. The first-order valence-corrected chi connectivity index (χ1v) is 11.8. The van der Waals surface area contributed by atoms with Crippen LogP contribution in [0.2, 0.25) is 0 Å². The van der Waals surface area contributed by atoms with Crippen LogP contribution < -0.4 is 20.2 Å². The number of rotatable bonds is 8. The molecule has 0 radical (unpaired) electrons. The van der Waals surface area contributed by atoms with Crippen molar-refractivity contribution in [3.8, 4) is 17.2 Å². The fourth-order valence-electron chi connectivity index (χ4n) is 3.62. The normalized spacial score (nSPS) is 10.8. The van der Waals surface area contributed by atoms with Crippen LogP contribution in [-0.2, 0) is 17.6 Å². The lowest BCUT2D eigenvalue weighted by atomic mass is 10.0. The maximum atomic E-state index is 12.8. The van der Waals surface area contributed by atoms with Crippen molar-refractivity contribution in [2.45, 2.75) is 26.7 Å². The molecule has 0 saturated carbocycles. The summed E-state index contributed by atoms with van der Waals surface area (Å²) in [5.74, 6) is 0.754. The number of carbonyl (C=O) groups is 1. The van der Waals surface area contributed by atoms with Crippen molar-refractivity contribution in [3.63, 3.8) is 0 Å². The largest absolute Gasteiger partial charge is 0.484 e. The highest BCUT2D eigenvalue weighted by atomic mass is 79.9. The van der Waals surface area contributed by atoms with E-state index in [2.05, 4.69) is 35.1 Å². The standard InChI is InChI=1S/C27H24BrNO5/c1-3-17-8-7-9-18(4-2)26(17)29-25(30)16-32-19-12-13-20-23(14-19)33-15-24(27(20)31)34-22-11-6-5-10-21(22)28/h5-15H,3-4,16H2,1-2H3,(H,29,30). The van der Waals surface area contributed by atoms with E-state index in [-0.39, 0.29) is 23.7 Å². The Kier molecular flexibility index (Phi) is 7.33. The molecule has 0 bridgehead atoms. The van der Waals surface area contributed by atoms with Crippen LogP contribution >= 0.6 is 15.9 Å². The number of amides is 1. The van der Waals surface area contributed by atoms with E-state index < -0.39 is 0 Å². The van der Waals surface area contributed by atoms with Gasteiger partial charge in [-0.15, -0.1) is 0 Å². The van der Waals surface area contributed by atoms with Gasteiger partial charge < -0.3 is 19.2 Å². The van der Waals surface area contributed by atoms with Crippen molar-refractivity contribution < 1.29 is 18.7 Å². The number of halogens is 1. The number of ether oxygens (including phenoxy) is 2. The van der Waals surface area contributed by atoms with Crippen LogP contribution in [-0.4, -0.2) is 12.5 Å². The zero-order valence-electron chi connectivity index (χ0n) is 18.9. The number of anilines is 1. The minimum Gasteiger partial charge on any atom is -0.484 e. The lowest BCUT2D eigenvalue weighted by Crippen LogP contribution is -2.21. The summed E-state index contributed by atoms with van der Waals surface area (Å²) in [6.45, 7) is 3.94. The van der Waals surface area contributed by atoms with Crippen LogP contribution in [0.25, 0.3) is 11.0 Å². The van der Waals surface area contributed by atoms with E-state index in [0.717, 1.165) is 34.1 Å². The van der Waals surface area contributed by atoms with Gasteiger partial charge in [0.05, 0.1) is 9.86 Å². The van der Waals surface area contributed by atoms with Gasteiger partial charge in [0.25, 0.3) is 5.91 Å². The summed E-state index contributed by atoms with van der Waals surface area (Å²) < 4.78 is 17.7. The van der Waals surface area contributed by atoms with Crippen LogP contribution in [0.5, 0.6) is 17.2 Å². The Labute approximate surface area is 205 Å². The molecular weight excluding hydrogens is 498 g/mol. The monoisotopic (exact) mass is 521 g/mol. The first-order valence-electron chi connectivity index (χ1n) is 11.0. The zero-order chi connectivity index (χ0) is 24.1. The van der Waals surface area contributed by atoms with Gasteiger partial charge in [0.2, 0.25) is 11.2 Å².